The Labute approximate surface area is 437 Å². The van der Waals surface area contributed by atoms with Crippen molar-refractivity contribution in [3.05, 3.63) is 178 Å². The molecule has 1 aromatic heterocycles. The van der Waals surface area contributed by atoms with E-state index in [1.54, 1.807) is 0 Å². The molecule has 3 heterocycles. The number of fused-ring (bicyclic) bond motifs is 8. The third-order valence-electron chi connectivity index (χ3n) is 18.5. The van der Waals surface area contributed by atoms with Gasteiger partial charge in [0.15, 0.2) is 0 Å². The van der Waals surface area contributed by atoms with Crippen LogP contribution in [0.4, 0.5) is 22.7 Å². The maximum Gasteiger partial charge on any atom is 0.292 e. The Morgan fingerprint density at radius 1 is 0.548 bits per heavy atom. The van der Waals surface area contributed by atoms with Crippen molar-refractivity contribution in [2.45, 2.75) is 174 Å². The predicted octanol–water partition coefficient (Wildman–Crippen LogP) is 17.5. The summed E-state index contributed by atoms with van der Waals surface area (Å²) >= 11 is 0. The molecule has 0 N–H and O–H groups in total. The fourth-order valence-corrected chi connectivity index (χ4v) is 13.7. The molecule has 73 heavy (non-hydrogen) atoms. The first-order chi connectivity index (χ1) is 34.3. The molecule has 0 bridgehead atoms. The third kappa shape index (κ3) is 7.57. The van der Waals surface area contributed by atoms with Crippen LogP contribution in [0.3, 0.4) is 0 Å². The molecule has 5 aliphatic rings. The molecule has 2 aliphatic heterocycles. The maximum absolute atomic E-state index is 7.60. The molecule has 7 aromatic rings. The van der Waals surface area contributed by atoms with Gasteiger partial charge in [-0.05, 0) is 181 Å². The van der Waals surface area contributed by atoms with Gasteiger partial charge in [0, 0.05) is 33.7 Å². The normalized spacial score (nSPS) is 20.2. The summed E-state index contributed by atoms with van der Waals surface area (Å²) in [4.78, 5) is 5.47. The fourth-order valence-electron chi connectivity index (χ4n) is 13.7. The van der Waals surface area contributed by atoms with Gasteiger partial charge in [0.2, 0.25) is 0 Å². The smallest absolute Gasteiger partial charge is 0.292 e. The van der Waals surface area contributed by atoms with Gasteiger partial charge in [0.05, 0.1) is 17.4 Å². The van der Waals surface area contributed by atoms with E-state index in [1.807, 2.05) is 0 Å². The lowest BCUT2D eigenvalue weighted by Gasteiger charge is -2.51. The van der Waals surface area contributed by atoms with E-state index >= 15 is 0 Å². The second-order valence-corrected chi connectivity index (χ2v) is 27.6. The molecular formula is C69H77BN2O. The van der Waals surface area contributed by atoms with Crippen LogP contribution in [0.25, 0.3) is 33.2 Å². The van der Waals surface area contributed by atoms with Gasteiger partial charge in [0.25, 0.3) is 6.71 Å². The zero-order valence-corrected chi connectivity index (χ0v) is 46.6. The van der Waals surface area contributed by atoms with Crippen LogP contribution in [-0.4, -0.2) is 12.8 Å². The van der Waals surface area contributed by atoms with Crippen LogP contribution in [-0.2, 0) is 32.5 Å². The Morgan fingerprint density at radius 2 is 1.11 bits per heavy atom. The predicted molar refractivity (Wildman–Crippen MR) is 313 cm³/mol. The van der Waals surface area contributed by atoms with Crippen LogP contribution >= 0.6 is 0 Å². The first kappa shape index (κ1) is 48.0. The lowest BCUT2D eigenvalue weighted by molar-refractivity contribution is 0.332. The number of nitrogens with zero attached hydrogens (tertiary/aromatic N) is 2. The summed E-state index contributed by atoms with van der Waals surface area (Å²) in [6.45, 7) is 36.1. The van der Waals surface area contributed by atoms with Crippen molar-refractivity contribution in [3.8, 4) is 22.3 Å². The van der Waals surface area contributed by atoms with E-state index in [-0.39, 0.29) is 45.2 Å². The van der Waals surface area contributed by atoms with E-state index < -0.39 is 0 Å². The van der Waals surface area contributed by atoms with E-state index in [9.17, 15) is 0 Å². The van der Waals surface area contributed by atoms with E-state index in [0.717, 1.165) is 30.5 Å². The molecule has 0 saturated heterocycles. The van der Waals surface area contributed by atoms with Crippen molar-refractivity contribution >= 4 is 51.6 Å². The minimum absolute atomic E-state index is 0.0172. The van der Waals surface area contributed by atoms with Crippen LogP contribution in [0.1, 0.15) is 169 Å². The summed E-state index contributed by atoms with van der Waals surface area (Å²) in [5.41, 5.74) is 26.2. The lowest BCUT2D eigenvalue weighted by Crippen LogP contribution is -2.61. The lowest BCUT2D eigenvalue weighted by atomic mass is 9.33. The van der Waals surface area contributed by atoms with Crippen molar-refractivity contribution < 1.29 is 4.42 Å². The average molecular weight is 961 g/mol. The second kappa shape index (κ2) is 16.0. The van der Waals surface area contributed by atoms with Crippen molar-refractivity contribution in [1.82, 2.24) is 0 Å². The Bertz CT molecular complexity index is 3470. The van der Waals surface area contributed by atoms with Crippen LogP contribution < -0.4 is 20.9 Å². The number of hydrogen-bond acceptors (Lipinski definition) is 3. The first-order valence-electron chi connectivity index (χ1n) is 27.5. The van der Waals surface area contributed by atoms with Gasteiger partial charge < -0.3 is 14.2 Å². The highest BCUT2D eigenvalue weighted by Gasteiger charge is 2.53. The molecule has 3 nitrogen and oxygen atoms in total. The minimum Gasteiger partial charge on any atom is -0.468 e. The van der Waals surface area contributed by atoms with E-state index in [0.29, 0.717) is 0 Å². The Hall–Kier alpha value is -6.00. The zero-order valence-electron chi connectivity index (χ0n) is 46.6. The van der Waals surface area contributed by atoms with E-state index in [4.69, 9.17) is 4.42 Å². The fraction of sp³-hybridized carbons (Fsp3) is 0.391. The molecule has 6 aromatic carbocycles. The van der Waals surface area contributed by atoms with Gasteiger partial charge in [-0.1, -0.05) is 181 Å². The molecule has 4 heteroatoms. The van der Waals surface area contributed by atoms with Gasteiger partial charge in [-0.15, -0.1) is 0 Å². The summed E-state index contributed by atoms with van der Waals surface area (Å²) in [5, 5.41) is 1.20. The highest BCUT2D eigenvalue weighted by Crippen LogP contribution is 2.55. The third-order valence-corrected chi connectivity index (χ3v) is 18.5. The summed E-state index contributed by atoms with van der Waals surface area (Å²) in [7, 11) is 0. The average Bonchev–Trinajstić information content (AvgIpc) is 3.72. The van der Waals surface area contributed by atoms with Crippen molar-refractivity contribution in [2.24, 2.45) is 0 Å². The summed E-state index contributed by atoms with van der Waals surface area (Å²) in [6, 6.07) is 47.4. The second-order valence-electron chi connectivity index (χ2n) is 27.6. The topological polar surface area (TPSA) is 19.6 Å². The molecule has 0 fully saturated rings. The molecule has 3 aliphatic carbocycles. The number of hydrogen-bond donors (Lipinski definition) is 0. The molecule has 372 valence electrons. The highest BCUT2D eigenvalue weighted by atomic mass is 16.3. The standard InChI is InChI=1S/C69H77BN2O/c1-42-35-58-61-59(36-42)72(56-29-25-46(64(2,3)4)37-49(56)45-23-21-44(22-24-45)43-19-17-16-18-20-43)62-50-38-47(65(5,6)7)26-30-60(50)73-63(62)70(61)55-40-53-54(69(14,15)34-33-68(53,12)13)41-57(55)71(58)48-27-28-51-52(39-48)67(10,11)32-31-66(51,8)9/h16-30,35,37-41,59H,31-34,36H2,1-15H3. The number of rotatable bonds is 4. The summed E-state index contributed by atoms with van der Waals surface area (Å²) < 4.78 is 7.60. The van der Waals surface area contributed by atoms with Gasteiger partial charge >= 0.3 is 0 Å². The molecule has 1 unspecified atom stereocenters. The monoisotopic (exact) mass is 961 g/mol. The molecule has 0 spiro atoms. The van der Waals surface area contributed by atoms with Crippen molar-refractivity contribution in [1.29, 1.82) is 0 Å². The Kier molecular flexibility index (Phi) is 10.5. The summed E-state index contributed by atoms with van der Waals surface area (Å²) in [5.74, 6) is 0. The molecule has 1 atom stereocenters. The van der Waals surface area contributed by atoms with E-state index in [2.05, 4.69) is 241 Å². The summed E-state index contributed by atoms with van der Waals surface area (Å²) in [6.07, 6.45) is 8.15. The maximum atomic E-state index is 7.60. The first-order valence-corrected chi connectivity index (χ1v) is 27.5. The SMILES string of the molecule is CC1=CC2=C3B(c4cc5c(cc4N2c2ccc4c(c2)C(C)(C)CCC4(C)C)C(C)(C)CCC5(C)C)c2oc4ccc(C(C)(C)C)cc4c2N(c2ccc(C(C)(C)C)cc2-c2ccc(-c4ccccc4)cc2)C3C1. The molecule has 0 saturated carbocycles. The van der Waals surface area contributed by atoms with Gasteiger partial charge in [-0.3, -0.25) is 0 Å². The van der Waals surface area contributed by atoms with Crippen LogP contribution in [0, 0.1) is 0 Å². The Balaban J connectivity index is 1.18. The highest BCUT2D eigenvalue weighted by molar-refractivity contribution is 6.93. The van der Waals surface area contributed by atoms with Crippen LogP contribution in [0.5, 0.6) is 0 Å². The number of allylic oxidation sites excluding steroid dienone is 1. The molecule has 0 amide bonds. The van der Waals surface area contributed by atoms with Gasteiger partial charge in [0.1, 0.15) is 5.58 Å². The van der Waals surface area contributed by atoms with E-state index in [1.165, 1.54) is 119 Å². The molecule has 12 rings (SSSR count). The van der Waals surface area contributed by atoms with Crippen molar-refractivity contribution in [3.63, 3.8) is 0 Å². The molecular weight excluding hydrogens is 884 g/mol. The van der Waals surface area contributed by atoms with Gasteiger partial charge in [-0.25, -0.2) is 0 Å². The Morgan fingerprint density at radius 3 is 1.75 bits per heavy atom. The van der Waals surface area contributed by atoms with Gasteiger partial charge in [-0.2, -0.15) is 0 Å². The number of furan rings is 1. The van der Waals surface area contributed by atoms with Crippen LogP contribution in [0.2, 0.25) is 0 Å². The minimum atomic E-state index is -0.0751. The largest absolute Gasteiger partial charge is 0.468 e. The number of benzene rings is 6. The molecule has 0 radical (unpaired) electrons. The zero-order chi connectivity index (χ0) is 51.5. The van der Waals surface area contributed by atoms with Crippen molar-refractivity contribution in [2.75, 3.05) is 9.80 Å². The number of anilines is 4. The van der Waals surface area contributed by atoms with Crippen LogP contribution in [0.15, 0.2) is 149 Å². The quantitative estimate of drug-likeness (QED) is 0.164.